The van der Waals surface area contributed by atoms with Crippen LogP contribution in [0.1, 0.15) is 44.0 Å². The fourth-order valence-corrected chi connectivity index (χ4v) is 2.51. The Labute approximate surface area is 131 Å². The summed E-state index contributed by atoms with van der Waals surface area (Å²) < 4.78 is 0. The number of carbonyl (C=O) groups excluding carboxylic acids is 1. The van der Waals surface area contributed by atoms with E-state index in [0.29, 0.717) is 17.6 Å². The minimum atomic E-state index is 0.101. The van der Waals surface area contributed by atoms with Crippen LogP contribution in [0.5, 0.6) is 0 Å². The lowest BCUT2D eigenvalue weighted by molar-refractivity contribution is -0.129. The molecule has 21 heavy (non-hydrogen) atoms. The summed E-state index contributed by atoms with van der Waals surface area (Å²) in [6, 6.07) is 0. The second kappa shape index (κ2) is 6.60. The summed E-state index contributed by atoms with van der Waals surface area (Å²) in [4.78, 5) is 24.9. The number of hydrogen-bond donors (Lipinski definition) is 0. The Balaban J connectivity index is 2.18. The molecular weight excluding hydrogens is 288 g/mol. The third kappa shape index (κ3) is 3.64. The van der Waals surface area contributed by atoms with Crippen LogP contribution in [-0.4, -0.2) is 47.5 Å². The molecule has 1 aliphatic carbocycles. The van der Waals surface area contributed by atoms with Crippen LogP contribution in [0, 0.1) is 6.92 Å². The van der Waals surface area contributed by atoms with Gasteiger partial charge in [-0.3, -0.25) is 4.79 Å². The monoisotopic (exact) mass is 310 g/mol. The molecule has 1 heterocycles. The molecule has 1 aliphatic rings. The van der Waals surface area contributed by atoms with Gasteiger partial charge in [0.25, 0.3) is 0 Å². The molecule has 0 atom stereocenters. The summed E-state index contributed by atoms with van der Waals surface area (Å²) >= 11 is 6.22. The van der Waals surface area contributed by atoms with Gasteiger partial charge in [-0.25, -0.2) is 9.97 Å². The Morgan fingerprint density at radius 3 is 2.43 bits per heavy atom. The van der Waals surface area contributed by atoms with Crippen LogP contribution >= 0.6 is 11.6 Å². The third-order valence-corrected chi connectivity index (χ3v) is 4.24. The standard InChI is InChI=1S/C15H23ClN4O/c1-5-20(6-2)12(21)9-19(4)15-10(3)13(16)17-14(18-15)11-7-8-11/h11H,5-9H2,1-4H3. The maximum Gasteiger partial charge on any atom is 0.242 e. The second-order valence-electron chi connectivity index (χ2n) is 5.52. The van der Waals surface area contributed by atoms with E-state index in [0.717, 1.165) is 43.1 Å². The SMILES string of the molecule is CCN(CC)C(=O)CN(C)c1nc(C2CC2)nc(Cl)c1C. The first-order valence-corrected chi connectivity index (χ1v) is 7.88. The number of rotatable bonds is 6. The lowest BCUT2D eigenvalue weighted by atomic mass is 10.3. The molecular formula is C15H23ClN4O. The van der Waals surface area contributed by atoms with Gasteiger partial charge in [-0.05, 0) is 33.6 Å². The van der Waals surface area contributed by atoms with Crippen molar-refractivity contribution in [3.63, 3.8) is 0 Å². The Hall–Kier alpha value is -1.36. The molecule has 116 valence electrons. The average Bonchev–Trinajstić information content (AvgIpc) is 3.27. The van der Waals surface area contributed by atoms with Gasteiger partial charge in [0, 0.05) is 31.6 Å². The Morgan fingerprint density at radius 2 is 1.90 bits per heavy atom. The van der Waals surface area contributed by atoms with Gasteiger partial charge in [-0.15, -0.1) is 0 Å². The van der Waals surface area contributed by atoms with Crippen LogP contribution in [0.15, 0.2) is 0 Å². The molecule has 2 rings (SSSR count). The first-order valence-electron chi connectivity index (χ1n) is 7.50. The van der Waals surface area contributed by atoms with Crippen LogP contribution in [0.25, 0.3) is 0 Å². The Bertz CT molecular complexity index is 527. The van der Waals surface area contributed by atoms with Gasteiger partial charge in [0.15, 0.2) is 0 Å². The maximum atomic E-state index is 12.2. The van der Waals surface area contributed by atoms with E-state index < -0.39 is 0 Å². The summed E-state index contributed by atoms with van der Waals surface area (Å²) in [5.74, 6) is 2.11. The molecule has 1 amide bonds. The summed E-state index contributed by atoms with van der Waals surface area (Å²) in [6.45, 7) is 7.62. The van der Waals surface area contributed by atoms with Gasteiger partial charge in [0.1, 0.15) is 16.8 Å². The lowest BCUT2D eigenvalue weighted by Gasteiger charge is -2.25. The van der Waals surface area contributed by atoms with Crippen LogP contribution in [0.2, 0.25) is 5.15 Å². The quantitative estimate of drug-likeness (QED) is 0.758. The van der Waals surface area contributed by atoms with E-state index in [1.165, 1.54) is 0 Å². The summed E-state index contributed by atoms with van der Waals surface area (Å²) in [5, 5.41) is 0.490. The molecule has 0 saturated heterocycles. The molecule has 0 bridgehead atoms. The van der Waals surface area contributed by atoms with Gasteiger partial charge in [0.05, 0.1) is 6.54 Å². The Morgan fingerprint density at radius 1 is 1.29 bits per heavy atom. The largest absolute Gasteiger partial charge is 0.350 e. The highest BCUT2D eigenvalue weighted by atomic mass is 35.5. The molecule has 0 aliphatic heterocycles. The van der Waals surface area contributed by atoms with Crippen LogP contribution in [0.4, 0.5) is 5.82 Å². The second-order valence-corrected chi connectivity index (χ2v) is 5.88. The third-order valence-electron chi connectivity index (χ3n) is 3.87. The number of aromatic nitrogens is 2. The van der Waals surface area contributed by atoms with Crippen molar-refractivity contribution in [2.45, 2.75) is 39.5 Å². The molecule has 1 aromatic heterocycles. The van der Waals surface area contributed by atoms with E-state index in [-0.39, 0.29) is 5.91 Å². The predicted octanol–water partition coefficient (Wildman–Crippen LogP) is 2.62. The van der Waals surface area contributed by atoms with E-state index in [2.05, 4.69) is 9.97 Å². The smallest absolute Gasteiger partial charge is 0.242 e. The number of carbonyl (C=O) groups is 1. The van der Waals surface area contributed by atoms with Crippen molar-refractivity contribution in [3.8, 4) is 0 Å². The zero-order valence-corrected chi connectivity index (χ0v) is 13.9. The molecule has 0 aromatic carbocycles. The zero-order chi connectivity index (χ0) is 15.6. The maximum absolute atomic E-state index is 12.2. The van der Waals surface area contributed by atoms with Crippen molar-refractivity contribution in [2.75, 3.05) is 31.6 Å². The van der Waals surface area contributed by atoms with E-state index in [1.54, 1.807) is 0 Å². The number of anilines is 1. The first kappa shape index (κ1) is 16.0. The van der Waals surface area contributed by atoms with Crippen molar-refractivity contribution in [1.29, 1.82) is 0 Å². The molecule has 5 nitrogen and oxygen atoms in total. The van der Waals surface area contributed by atoms with Gasteiger partial charge < -0.3 is 9.80 Å². The van der Waals surface area contributed by atoms with Crippen molar-refractivity contribution in [3.05, 3.63) is 16.5 Å². The molecule has 1 saturated carbocycles. The van der Waals surface area contributed by atoms with Crippen LogP contribution in [-0.2, 0) is 4.79 Å². The van der Waals surface area contributed by atoms with Crippen molar-refractivity contribution >= 4 is 23.3 Å². The van der Waals surface area contributed by atoms with Gasteiger partial charge in [0.2, 0.25) is 5.91 Å². The van der Waals surface area contributed by atoms with E-state index in [9.17, 15) is 4.79 Å². The number of nitrogens with zero attached hydrogens (tertiary/aromatic N) is 4. The number of amides is 1. The highest BCUT2D eigenvalue weighted by Crippen LogP contribution is 2.39. The topological polar surface area (TPSA) is 49.3 Å². The normalized spacial score (nSPS) is 14.1. The summed E-state index contributed by atoms with van der Waals surface area (Å²) in [6.07, 6.45) is 2.25. The van der Waals surface area contributed by atoms with E-state index in [4.69, 9.17) is 11.6 Å². The van der Waals surface area contributed by atoms with Crippen molar-refractivity contribution < 1.29 is 4.79 Å². The van der Waals surface area contributed by atoms with Gasteiger partial charge in [-0.1, -0.05) is 11.6 Å². The molecule has 0 N–H and O–H groups in total. The molecule has 0 unspecified atom stereocenters. The number of halogens is 1. The summed E-state index contributed by atoms with van der Waals surface area (Å²) in [7, 11) is 1.88. The van der Waals surface area contributed by atoms with Gasteiger partial charge >= 0.3 is 0 Å². The van der Waals surface area contributed by atoms with Crippen molar-refractivity contribution in [2.24, 2.45) is 0 Å². The van der Waals surface area contributed by atoms with Crippen LogP contribution < -0.4 is 4.90 Å². The fraction of sp³-hybridized carbons (Fsp3) is 0.667. The highest BCUT2D eigenvalue weighted by molar-refractivity contribution is 6.30. The average molecular weight is 311 g/mol. The zero-order valence-electron chi connectivity index (χ0n) is 13.2. The lowest BCUT2D eigenvalue weighted by Crippen LogP contribution is -2.39. The van der Waals surface area contributed by atoms with Crippen molar-refractivity contribution in [1.82, 2.24) is 14.9 Å². The van der Waals surface area contributed by atoms with E-state index >= 15 is 0 Å². The highest BCUT2D eigenvalue weighted by Gasteiger charge is 2.28. The fourth-order valence-electron chi connectivity index (χ4n) is 2.34. The predicted molar refractivity (Wildman–Crippen MR) is 85.0 cm³/mol. The van der Waals surface area contributed by atoms with Crippen LogP contribution in [0.3, 0.4) is 0 Å². The number of hydrogen-bond acceptors (Lipinski definition) is 4. The van der Waals surface area contributed by atoms with E-state index in [1.807, 2.05) is 37.6 Å². The molecule has 0 radical (unpaired) electrons. The minimum absolute atomic E-state index is 0.101. The minimum Gasteiger partial charge on any atom is -0.350 e. The summed E-state index contributed by atoms with van der Waals surface area (Å²) in [5.41, 5.74) is 0.830. The molecule has 0 spiro atoms. The Kier molecular flexibility index (Phi) is 5.04. The molecule has 1 aromatic rings. The number of likely N-dealkylation sites (N-methyl/N-ethyl adjacent to an activating group) is 2. The molecule has 6 heteroatoms. The molecule has 1 fully saturated rings. The first-order chi connectivity index (χ1) is 9.97. The van der Waals surface area contributed by atoms with Gasteiger partial charge in [-0.2, -0.15) is 0 Å².